The summed E-state index contributed by atoms with van der Waals surface area (Å²) in [4.78, 5) is 14.8. The molecule has 1 aromatic heterocycles. The quantitative estimate of drug-likeness (QED) is 0.392. The second-order valence-corrected chi connectivity index (χ2v) is 5.38. The number of aromatic nitrogens is 1. The van der Waals surface area contributed by atoms with Gasteiger partial charge in [0, 0.05) is 16.7 Å². The van der Waals surface area contributed by atoms with Crippen LogP contribution in [0, 0.1) is 5.82 Å². The van der Waals surface area contributed by atoms with Crippen molar-refractivity contribution in [1.82, 2.24) is 4.98 Å². The summed E-state index contributed by atoms with van der Waals surface area (Å²) in [7, 11) is 0. The van der Waals surface area contributed by atoms with E-state index in [0.717, 1.165) is 18.3 Å². The van der Waals surface area contributed by atoms with E-state index in [2.05, 4.69) is 35.9 Å². The van der Waals surface area contributed by atoms with Crippen LogP contribution < -0.4 is 4.74 Å². The lowest BCUT2D eigenvalue weighted by molar-refractivity contribution is -0.132. The standard InChI is InChI=1S/C15H9BrF3N3O4/c16-8-2-1-3-9(17)11(8)13(23)12(14(24)25)22-21-7-4-5-20-10(6-7)26-15(18)19/h1-6,15,23H,(H,24,25). The summed E-state index contributed by atoms with van der Waals surface area (Å²) in [6.45, 7) is -3.10. The molecule has 0 fully saturated rings. The largest absolute Gasteiger partial charge is 0.505 e. The second kappa shape index (κ2) is 8.43. The summed E-state index contributed by atoms with van der Waals surface area (Å²) in [5, 5.41) is 26.2. The fourth-order valence-electron chi connectivity index (χ4n) is 1.76. The number of carbonyl (C=O) groups is 1. The van der Waals surface area contributed by atoms with Crippen molar-refractivity contribution < 1.29 is 32.9 Å². The number of benzene rings is 1. The number of carboxylic acids is 1. The molecule has 0 aliphatic carbocycles. The predicted molar refractivity (Wildman–Crippen MR) is 86.7 cm³/mol. The first-order valence-electron chi connectivity index (χ1n) is 6.73. The monoisotopic (exact) mass is 431 g/mol. The van der Waals surface area contributed by atoms with Gasteiger partial charge in [0.25, 0.3) is 0 Å². The van der Waals surface area contributed by atoms with Gasteiger partial charge in [-0.3, -0.25) is 0 Å². The lowest BCUT2D eigenvalue weighted by atomic mass is 10.1. The topological polar surface area (TPSA) is 104 Å². The molecule has 0 bridgehead atoms. The molecule has 2 N–H and O–H groups in total. The van der Waals surface area contributed by atoms with Crippen molar-refractivity contribution in [3.8, 4) is 5.88 Å². The summed E-state index contributed by atoms with van der Waals surface area (Å²) in [5.74, 6) is -4.00. The van der Waals surface area contributed by atoms with Crippen molar-refractivity contribution in [2.45, 2.75) is 6.61 Å². The Balaban J connectivity index is 2.43. The number of aliphatic carboxylic acids is 1. The molecular weight excluding hydrogens is 423 g/mol. The van der Waals surface area contributed by atoms with Gasteiger partial charge >= 0.3 is 12.6 Å². The highest BCUT2D eigenvalue weighted by atomic mass is 79.9. The Kier molecular flexibility index (Phi) is 6.28. The van der Waals surface area contributed by atoms with Gasteiger partial charge in [-0.15, -0.1) is 10.2 Å². The number of azo groups is 1. The number of hydrogen-bond donors (Lipinski definition) is 2. The fraction of sp³-hybridized carbons (Fsp3) is 0.0667. The summed E-state index contributed by atoms with van der Waals surface area (Å²) in [5.41, 5.74) is -1.45. The summed E-state index contributed by atoms with van der Waals surface area (Å²) in [6, 6.07) is 5.97. The van der Waals surface area contributed by atoms with Crippen molar-refractivity contribution in [3.63, 3.8) is 0 Å². The maximum Gasteiger partial charge on any atom is 0.388 e. The zero-order valence-corrected chi connectivity index (χ0v) is 14.2. The molecule has 0 spiro atoms. The third-order valence-corrected chi connectivity index (χ3v) is 3.48. The fourth-order valence-corrected chi connectivity index (χ4v) is 2.29. The molecule has 2 aromatic rings. The number of carboxylic acid groups (broad SMARTS) is 1. The van der Waals surface area contributed by atoms with E-state index in [4.69, 9.17) is 0 Å². The van der Waals surface area contributed by atoms with Crippen LogP contribution in [0.1, 0.15) is 5.56 Å². The number of alkyl halides is 2. The van der Waals surface area contributed by atoms with Crippen molar-refractivity contribution in [1.29, 1.82) is 0 Å². The molecule has 0 amide bonds. The van der Waals surface area contributed by atoms with Gasteiger partial charge in [0.05, 0.1) is 11.3 Å². The minimum absolute atomic E-state index is 0.0743. The third-order valence-electron chi connectivity index (χ3n) is 2.82. The Morgan fingerprint density at radius 2 is 2.00 bits per heavy atom. The SMILES string of the molecule is O=C(O)C(N=Nc1ccnc(OC(F)F)c1)=C(O)c1c(F)cccc1Br. The van der Waals surface area contributed by atoms with Gasteiger partial charge < -0.3 is 14.9 Å². The van der Waals surface area contributed by atoms with E-state index in [1.165, 1.54) is 18.2 Å². The highest BCUT2D eigenvalue weighted by molar-refractivity contribution is 9.10. The van der Waals surface area contributed by atoms with Crippen LogP contribution in [0.25, 0.3) is 5.76 Å². The number of halogens is 4. The third kappa shape index (κ3) is 4.79. The van der Waals surface area contributed by atoms with Gasteiger partial charge in [-0.05, 0) is 34.1 Å². The van der Waals surface area contributed by atoms with E-state index in [0.29, 0.717) is 0 Å². The van der Waals surface area contributed by atoms with Gasteiger partial charge in [0.2, 0.25) is 11.6 Å². The van der Waals surface area contributed by atoms with E-state index in [1.54, 1.807) is 0 Å². The molecule has 1 aromatic carbocycles. The van der Waals surface area contributed by atoms with E-state index < -0.39 is 41.3 Å². The highest BCUT2D eigenvalue weighted by Crippen LogP contribution is 2.29. The van der Waals surface area contributed by atoms with Gasteiger partial charge in [0.1, 0.15) is 5.82 Å². The first-order valence-corrected chi connectivity index (χ1v) is 7.52. The second-order valence-electron chi connectivity index (χ2n) is 4.53. The average Bonchev–Trinajstić information content (AvgIpc) is 2.54. The molecular formula is C15H9BrF3N3O4. The van der Waals surface area contributed by atoms with Gasteiger partial charge in [-0.1, -0.05) is 6.07 Å². The number of hydrogen-bond acceptors (Lipinski definition) is 6. The minimum Gasteiger partial charge on any atom is -0.505 e. The van der Waals surface area contributed by atoms with Crippen LogP contribution in [0.3, 0.4) is 0 Å². The maximum absolute atomic E-state index is 13.9. The van der Waals surface area contributed by atoms with E-state index in [9.17, 15) is 28.2 Å². The molecule has 0 unspecified atom stereocenters. The van der Waals surface area contributed by atoms with Crippen molar-refractivity contribution in [2.24, 2.45) is 10.2 Å². The Hall–Kier alpha value is -2.95. The average molecular weight is 432 g/mol. The summed E-state index contributed by atoms with van der Waals surface area (Å²) >= 11 is 3.00. The molecule has 11 heteroatoms. The molecule has 0 radical (unpaired) electrons. The van der Waals surface area contributed by atoms with Crippen LogP contribution in [-0.2, 0) is 4.79 Å². The van der Waals surface area contributed by atoms with Crippen molar-refractivity contribution >= 4 is 33.3 Å². The molecule has 1 heterocycles. The van der Waals surface area contributed by atoms with Crippen LogP contribution in [0.5, 0.6) is 5.88 Å². The van der Waals surface area contributed by atoms with Gasteiger partial charge in [0.15, 0.2) is 5.76 Å². The molecule has 136 valence electrons. The number of rotatable bonds is 6. The number of nitrogens with zero attached hydrogens (tertiary/aromatic N) is 3. The Bertz CT molecular complexity index is 870. The van der Waals surface area contributed by atoms with Crippen LogP contribution in [-0.4, -0.2) is 27.8 Å². The van der Waals surface area contributed by atoms with Crippen molar-refractivity contribution in [2.75, 3.05) is 0 Å². The predicted octanol–water partition coefficient (Wildman–Crippen LogP) is 4.68. The number of aliphatic hydroxyl groups is 1. The van der Waals surface area contributed by atoms with E-state index >= 15 is 0 Å². The molecule has 2 rings (SSSR count). The van der Waals surface area contributed by atoms with Gasteiger partial charge in [-0.25, -0.2) is 14.2 Å². The van der Waals surface area contributed by atoms with E-state index in [-0.39, 0.29) is 10.2 Å². The highest BCUT2D eigenvalue weighted by Gasteiger charge is 2.20. The zero-order valence-electron chi connectivity index (χ0n) is 12.6. The van der Waals surface area contributed by atoms with Crippen molar-refractivity contribution in [3.05, 3.63) is 58.1 Å². The molecule has 26 heavy (non-hydrogen) atoms. The number of ether oxygens (including phenoxy) is 1. The van der Waals surface area contributed by atoms with Crippen LogP contribution in [0.4, 0.5) is 18.9 Å². The molecule has 7 nitrogen and oxygen atoms in total. The lowest BCUT2D eigenvalue weighted by Crippen LogP contribution is -2.04. The molecule has 0 aliphatic rings. The Morgan fingerprint density at radius 3 is 2.62 bits per heavy atom. The number of aliphatic hydroxyl groups excluding tert-OH is 1. The van der Waals surface area contributed by atoms with Crippen LogP contribution in [0.15, 0.2) is 56.9 Å². The molecule has 0 atom stereocenters. The molecule has 0 aliphatic heterocycles. The maximum atomic E-state index is 13.9. The lowest BCUT2D eigenvalue weighted by Gasteiger charge is -2.06. The summed E-state index contributed by atoms with van der Waals surface area (Å²) in [6.07, 6.45) is 1.09. The first kappa shape index (κ1) is 19.4. The van der Waals surface area contributed by atoms with Crippen LogP contribution >= 0.6 is 15.9 Å². The first-order chi connectivity index (χ1) is 12.3. The van der Waals surface area contributed by atoms with E-state index in [1.807, 2.05) is 0 Å². The Labute approximate surface area is 152 Å². The molecule has 0 saturated carbocycles. The van der Waals surface area contributed by atoms with Crippen LogP contribution in [0.2, 0.25) is 0 Å². The zero-order chi connectivity index (χ0) is 19.3. The molecule has 0 saturated heterocycles. The summed E-state index contributed by atoms with van der Waals surface area (Å²) < 4.78 is 42.4. The van der Waals surface area contributed by atoms with Gasteiger partial charge in [-0.2, -0.15) is 8.78 Å². The Morgan fingerprint density at radius 1 is 1.27 bits per heavy atom. The smallest absolute Gasteiger partial charge is 0.388 e. The normalized spacial score (nSPS) is 12.3. The minimum atomic E-state index is -3.10. The number of pyridine rings is 1.